The molecule has 1 saturated heterocycles. The highest BCUT2D eigenvalue weighted by atomic mass is 19.1. The fraction of sp³-hybridized carbons (Fsp3) is 0.500. The van der Waals surface area contributed by atoms with Gasteiger partial charge in [-0.15, -0.1) is 0 Å². The fourth-order valence-electron chi connectivity index (χ4n) is 3.63. The summed E-state index contributed by atoms with van der Waals surface area (Å²) in [4.78, 5) is 49.4. The van der Waals surface area contributed by atoms with Crippen molar-refractivity contribution < 1.29 is 28.3 Å². The van der Waals surface area contributed by atoms with E-state index >= 15 is 0 Å². The van der Waals surface area contributed by atoms with Crippen LogP contribution in [0.2, 0.25) is 0 Å². The minimum atomic E-state index is -0.906. The number of esters is 1. The van der Waals surface area contributed by atoms with E-state index in [0.717, 1.165) is 24.2 Å². The van der Waals surface area contributed by atoms with Gasteiger partial charge >= 0.3 is 12.0 Å². The van der Waals surface area contributed by atoms with E-state index in [4.69, 9.17) is 4.74 Å². The highest BCUT2D eigenvalue weighted by Gasteiger charge is 2.51. The van der Waals surface area contributed by atoms with Gasteiger partial charge in [-0.25, -0.2) is 9.18 Å². The Balaban J connectivity index is 1.44. The number of nitrogens with one attached hydrogen (secondary N) is 2. The molecule has 1 aromatic carbocycles. The van der Waals surface area contributed by atoms with Gasteiger partial charge in [-0.1, -0.05) is 31.4 Å². The van der Waals surface area contributed by atoms with E-state index in [0.29, 0.717) is 24.0 Å². The second-order valence-corrected chi connectivity index (χ2v) is 7.49. The molecule has 29 heavy (non-hydrogen) atoms. The number of urea groups is 1. The monoisotopic (exact) mass is 405 g/mol. The topological polar surface area (TPSA) is 105 Å². The van der Waals surface area contributed by atoms with Crippen LogP contribution in [0.3, 0.4) is 0 Å². The van der Waals surface area contributed by atoms with Gasteiger partial charge in [-0.2, -0.15) is 0 Å². The predicted octanol–water partition coefficient (Wildman–Crippen LogP) is 1.55. The molecule has 8 nitrogen and oxygen atoms in total. The largest absolute Gasteiger partial charge is 0.454 e. The fourth-order valence-corrected chi connectivity index (χ4v) is 3.63. The number of carbonyl (C=O) groups excluding carboxylic acids is 4. The van der Waals surface area contributed by atoms with Gasteiger partial charge in [0.25, 0.3) is 11.8 Å². The number of carbonyl (C=O) groups is 4. The van der Waals surface area contributed by atoms with Crippen LogP contribution < -0.4 is 10.6 Å². The Morgan fingerprint density at radius 2 is 1.97 bits per heavy atom. The van der Waals surface area contributed by atoms with Crippen molar-refractivity contribution >= 4 is 23.8 Å². The first-order chi connectivity index (χ1) is 13.8. The van der Waals surface area contributed by atoms with Gasteiger partial charge in [-0.3, -0.25) is 19.3 Å². The Bertz CT molecular complexity index is 835. The van der Waals surface area contributed by atoms with Gasteiger partial charge in [0.05, 0.1) is 0 Å². The number of amides is 4. The van der Waals surface area contributed by atoms with Gasteiger partial charge in [0.15, 0.2) is 6.61 Å². The summed E-state index contributed by atoms with van der Waals surface area (Å²) < 4.78 is 18.4. The van der Waals surface area contributed by atoms with Crippen LogP contribution in [0.15, 0.2) is 18.2 Å². The minimum Gasteiger partial charge on any atom is -0.454 e. The molecule has 0 aromatic heterocycles. The number of nitrogens with zero attached hydrogens (tertiary/aromatic N) is 1. The molecule has 1 aromatic rings. The Hall–Kier alpha value is -2.97. The van der Waals surface area contributed by atoms with Crippen molar-refractivity contribution in [1.82, 2.24) is 15.5 Å². The molecular weight excluding hydrogens is 381 g/mol. The molecule has 1 saturated carbocycles. The summed E-state index contributed by atoms with van der Waals surface area (Å²) in [5.41, 5.74) is 0.172. The first kappa shape index (κ1) is 20.8. The summed E-state index contributed by atoms with van der Waals surface area (Å²) in [7, 11) is 0. The van der Waals surface area contributed by atoms with Gasteiger partial charge in [0.2, 0.25) is 0 Å². The van der Waals surface area contributed by atoms with Crippen LogP contribution in [-0.2, 0) is 25.7 Å². The number of rotatable bonds is 6. The number of aryl methyl sites for hydroxylation is 1. The maximum Gasteiger partial charge on any atom is 0.326 e. The van der Waals surface area contributed by atoms with Crippen molar-refractivity contribution in [2.24, 2.45) is 0 Å². The summed E-state index contributed by atoms with van der Waals surface area (Å²) in [6.45, 7) is 0.632. The third-order valence-corrected chi connectivity index (χ3v) is 5.33. The lowest BCUT2D eigenvalue weighted by molar-refractivity contribution is -0.151. The highest BCUT2D eigenvalue weighted by molar-refractivity contribution is 6.08. The predicted molar refractivity (Wildman–Crippen MR) is 100 cm³/mol. The molecule has 1 aliphatic heterocycles. The Morgan fingerprint density at radius 1 is 1.24 bits per heavy atom. The van der Waals surface area contributed by atoms with Crippen LogP contribution in [0.1, 0.15) is 43.2 Å². The van der Waals surface area contributed by atoms with E-state index in [1.807, 2.05) is 0 Å². The Kier molecular flexibility index (Phi) is 6.14. The van der Waals surface area contributed by atoms with Crippen LogP contribution in [0.25, 0.3) is 0 Å². The molecule has 0 bridgehead atoms. The summed E-state index contributed by atoms with van der Waals surface area (Å²) in [5.74, 6) is -2.20. The number of halogens is 1. The lowest BCUT2D eigenvalue weighted by Gasteiger charge is -2.30. The molecule has 156 valence electrons. The number of hydrogen-bond donors (Lipinski definition) is 2. The zero-order chi connectivity index (χ0) is 21.0. The smallest absolute Gasteiger partial charge is 0.326 e. The van der Waals surface area contributed by atoms with Gasteiger partial charge in [0.1, 0.15) is 17.9 Å². The third-order valence-electron chi connectivity index (χ3n) is 5.33. The Labute approximate surface area is 167 Å². The van der Waals surface area contributed by atoms with Crippen molar-refractivity contribution in [2.45, 2.75) is 51.1 Å². The zero-order valence-electron chi connectivity index (χ0n) is 16.3. The second kappa shape index (κ2) is 8.59. The highest BCUT2D eigenvalue weighted by Crippen LogP contribution is 2.33. The summed E-state index contributed by atoms with van der Waals surface area (Å²) in [6.07, 6.45) is 3.82. The lowest BCUT2D eigenvalue weighted by atomic mass is 9.82. The van der Waals surface area contributed by atoms with Crippen molar-refractivity contribution in [3.8, 4) is 0 Å². The summed E-state index contributed by atoms with van der Waals surface area (Å²) in [5, 5.41) is 5.22. The van der Waals surface area contributed by atoms with E-state index in [-0.39, 0.29) is 12.4 Å². The molecule has 0 unspecified atom stereocenters. The molecule has 2 fully saturated rings. The molecule has 1 aliphatic carbocycles. The van der Waals surface area contributed by atoms with Gasteiger partial charge < -0.3 is 15.4 Å². The van der Waals surface area contributed by atoms with Gasteiger partial charge in [0, 0.05) is 6.54 Å². The molecule has 4 amide bonds. The standard InChI is InChI=1S/C20H24FN3O5/c1-13-5-6-14(9-15(13)21)10-22-16(25)12-29-17(26)11-24-18(27)20(23-19(24)28)7-3-2-4-8-20/h5-6,9H,2-4,7-8,10-12H2,1H3,(H,22,25)(H,23,28). The lowest BCUT2D eigenvalue weighted by Crippen LogP contribution is -2.48. The molecule has 0 atom stereocenters. The van der Waals surface area contributed by atoms with E-state index < -0.39 is 42.5 Å². The molecular formula is C20H24FN3O5. The summed E-state index contributed by atoms with van der Waals surface area (Å²) >= 11 is 0. The molecule has 1 spiro atoms. The number of imide groups is 1. The molecule has 2 N–H and O–H groups in total. The van der Waals surface area contributed by atoms with E-state index in [1.165, 1.54) is 6.07 Å². The molecule has 0 radical (unpaired) electrons. The van der Waals surface area contributed by atoms with Crippen LogP contribution in [-0.4, -0.2) is 47.4 Å². The van der Waals surface area contributed by atoms with E-state index in [9.17, 15) is 23.6 Å². The van der Waals surface area contributed by atoms with Crippen LogP contribution in [0.4, 0.5) is 9.18 Å². The van der Waals surface area contributed by atoms with Crippen LogP contribution in [0.5, 0.6) is 0 Å². The third kappa shape index (κ3) is 4.72. The second-order valence-electron chi connectivity index (χ2n) is 7.49. The Morgan fingerprint density at radius 3 is 2.66 bits per heavy atom. The molecule has 1 heterocycles. The molecule has 9 heteroatoms. The maximum absolute atomic E-state index is 13.5. The number of benzene rings is 1. The van der Waals surface area contributed by atoms with E-state index in [2.05, 4.69) is 10.6 Å². The maximum atomic E-state index is 13.5. The van der Waals surface area contributed by atoms with Crippen molar-refractivity contribution in [1.29, 1.82) is 0 Å². The summed E-state index contributed by atoms with van der Waals surface area (Å²) in [6, 6.07) is 4.00. The number of hydrogen-bond acceptors (Lipinski definition) is 5. The quantitative estimate of drug-likeness (QED) is 0.552. The SMILES string of the molecule is Cc1ccc(CNC(=O)COC(=O)CN2C(=O)NC3(CCCCC3)C2=O)cc1F. The molecule has 2 aliphatic rings. The number of ether oxygens (including phenoxy) is 1. The van der Waals surface area contributed by atoms with E-state index in [1.54, 1.807) is 19.1 Å². The average Bonchev–Trinajstić information content (AvgIpc) is 2.91. The average molecular weight is 405 g/mol. The van der Waals surface area contributed by atoms with Crippen molar-refractivity contribution in [3.05, 3.63) is 35.1 Å². The normalized spacial score (nSPS) is 17.9. The van der Waals surface area contributed by atoms with Crippen LogP contribution in [0, 0.1) is 12.7 Å². The zero-order valence-corrected chi connectivity index (χ0v) is 16.3. The van der Waals surface area contributed by atoms with Crippen LogP contribution >= 0.6 is 0 Å². The van der Waals surface area contributed by atoms with Crippen molar-refractivity contribution in [2.75, 3.05) is 13.2 Å². The first-order valence-electron chi connectivity index (χ1n) is 9.62. The minimum absolute atomic E-state index is 0.0864. The molecule has 3 rings (SSSR count). The van der Waals surface area contributed by atoms with Gasteiger partial charge in [-0.05, 0) is 37.0 Å². The van der Waals surface area contributed by atoms with Crippen molar-refractivity contribution in [3.63, 3.8) is 0 Å². The first-order valence-corrected chi connectivity index (χ1v) is 9.62.